The highest BCUT2D eigenvalue weighted by Crippen LogP contribution is 2.33. The molecule has 0 aliphatic heterocycles. The van der Waals surface area contributed by atoms with Gasteiger partial charge in [0.25, 0.3) is 5.56 Å². The van der Waals surface area contributed by atoms with Crippen LogP contribution in [0, 0.1) is 6.92 Å². The number of nitrogens with zero attached hydrogens (tertiary/aromatic N) is 1. The maximum Gasteiger partial charge on any atom is 0.306 e. The molecule has 1 N–H and O–H groups in total. The van der Waals surface area contributed by atoms with Gasteiger partial charge in [0.1, 0.15) is 10.8 Å². The van der Waals surface area contributed by atoms with Crippen LogP contribution in [0.1, 0.15) is 35.5 Å². The fourth-order valence-electron chi connectivity index (χ4n) is 2.66. The van der Waals surface area contributed by atoms with Crippen LogP contribution in [0.3, 0.4) is 0 Å². The molecule has 0 aliphatic rings. The molecule has 0 fully saturated rings. The first kappa shape index (κ1) is 18.1. The molecule has 0 radical (unpaired) electrons. The summed E-state index contributed by atoms with van der Waals surface area (Å²) in [6.45, 7) is 4.15. The Hall–Kier alpha value is -2.67. The minimum atomic E-state index is -0.292. The van der Waals surface area contributed by atoms with Crippen LogP contribution in [0.5, 0.6) is 0 Å². The average molecular weight is 372 g/mol. The molecule has 3 aromatic rings. The van der Waals surface area contributed by atoms with Gasteiger partial charge < -0.3 is 9.26 Å². The van der Waals surface area contributed by atoms with Gasteiger partial charge in [0, 0.05) is 35.0 Å². The number of nitrogens with one attached hydrogen (secondary N) is 1. The first-order chi connectivity index (χ1) is 12.5. The Kier molecular flexibility index (Phi) is 5.68. The molecule has 1 aromatic carbocycles. The van der Waals surface area contributed by atoms with Crippen LogP contribution in [-0.4, -0.2) is 22.7 Å². The summed E-state index contributed by atoms with van der Waals surface area (Å²) in [4.78, 5) is 28.8. The minimum Gasteiger partial charge on any atom is -0.466 e. The van der Waals surface area contributed by atoms with Crippen LogP contribution in [0.25, 0.3) is 10.6 Å². The van der Waals surface area contributed by atoms with Crippen LogP contribution >= 0.6 is 11.3 Å². The summed E-state index contributed by atoms with van der Waals surface area (Å²) in [6.07, 6.45) is 2.42. The smallest absolute Gasteiger partial charge is 0.306 e. The molecular formula is C19H20N2O4S. The van der Waals surface area contributed by atoms with Crippen molar-refractivity contribution in [3.05, 3.63) is 63.1 Å². The molecule has 0 saturated heterocycles. The number of esters is 1. The van der Waals surface area contributed by atoms with Crippen molar-refractivity contribution in [3.8, 4) is 10.6 Å². The number of carbonyl (C=O) groups is 1. The van der Waals surface area contributed by atoms with Gasteiger partial charge in [-0.2, -0.15) is 5.16 Å². The zero-order valence-corrected chi connectivity index (χ0v) is 15.5. The highest BCUT2D eigenvalue weighted by Gasteiger charge is 2.22. The molecule has 2 heterocycles. The highest BCUT2D eigenvalue weighted by molar-refractivity contribution is 7.15. The minimum absolute atomic E-state index is 0.162. The van der Waals surface area contributed by atoms with E-state index in [2.05, 4.69) is 10.1 Å². The van der Waals surface area contributed by atoms with E-state index in [0.717, 1.165) is 15.4 Å². The second-order valence-electron chi connectivity index (χ2n) is 6.02. The van der Waals surface area contributed by atoms with Crippen molar-refractivity contribution in [2.24, 2.45) is 0 Å². The van der Waals surface area contributed by atoms with Crippen molar-refractivity contribution < 1.29 is 14.1 Å². The monoisotopic (exact) mass is 372 g/mol. The molecular weight excluding hydrogens is 352 g/mol. The van der Waals surface area contributed by atoms with E-state index in [0.29, 0.717) is 18.8 Å². The number of benzene rings is 1. The zero-order valence-electron chi connectivity index (χ0n) is 14.7. The lowest BCUT2D eigenvalue weighted by molar-refractivity contribution is -0.143. The van der Waals surface area contributed by atoms with Crippen LogP contribution in [0.4, 0.5) is 0 Å². The first-order valence-corrected chi connectivity index (χ1v) is 9.22. The van der Waals surface area contributed by atoms with E-state index in [4.69, 9.17) is 9.26 Å². The third-order valence-electron chi connectivity index (χ3n) is 3.97. The maximum absolute atomic E-state index is 12.0. The lowest BCUT2D eigenvalue weighted by atomic mass is 9.98. The largest absolute Gasteiger partial charge is 0.466 e. The van der Waals surface area contributed by atoms with E-state index in [-0.39, 0.29) is 23.9 Å². The number of H-pyrrole nitrogens is 1. The van der Waals surface area contributed by atoms with Gasteiger partial charge >= 0.3 is 5.97 Å². The third-order valence-corrected chi connectivity index (χ3v) is 5.17. The van der Waals surface area contributed by atoms with Crippen molar-refractivity contribution >= 4 is 17.3 Å². The van der Waals surface area contributed by atoms with Gasteiger partial charge in [0.2, 0.25) is 0 Å². The lowest BCUT2D eigenvalue weighted by Crippen LogP contribution is -2.11. The topological polar surface area (TPSA) is 85.2 Å². The summed E-state index contributed by atoms with van der Waals surface area (Å²) in [5.41, 5.74) is 1.93. The van der Waals surface area contributed by atoms with Gasteiger partial charge in [-0.25, -0.2) is 4.98 Å². The van der Waals surface area contributed by atoms with E-state index in [1.807, 2.05) is 31.2 Å². The number of carbonyl (C=O) groups excluding carboxylic acids is 1. The predicted octanol–water partition coefficient (Wildman–Crippen LogP) is 3.68. The highest BCUT2D eigenvalue weighted by atomic mass is 32.1. The number of rotatable bonds is 7. The molecule has 6 nitrogen and oxygen atoms in total. The maximum atomic E-state index is 12.0. The first-order valence-electron chi connectivity index (χ1n) is 8.41. The second-order valence-corrected chi connectivity index (χ2v) is 7.09. The van der Waals surface area contributed by atoms with Gasteiger partial charge in [0.15, 0.2) is 0 Å². The number of aryl methyl sites for hydroxylation is 1. The molecule has 3 rings (SSSR count). The molecule has 1 atom stereocenters. The third kappa shape index (κ3) is 4.49. The fraction of sp³-hybridized carbons (Fsp3) is 0.316. The average Bonchev–Trinajstić information content (AvgIpc) is 3.24. The molecule has 1 unspecified atom stereocenters. The van der Waals surface area contributed by atoms with E-state index in [1.54, 1.807) is 13.1 Å². The predicted molar refractivity (Wildman–Crippen MR) is 99.3 cm³/mol. The Morgan fingerprint density at radius 2 is 2.12 bits per heavy atom. The van der Waals surface area contributed by atoms with Crippen LogP contribution < -0.4 is 5.56 Å². The Bertz CT molecular complexity index is 923. The summed E-state index contributed by atoms with van der Waals surface area (Å²) in [7, 11) is 0. The number of hydrogen-bond donors (Lipinski definition) is 1. The van der Waals surface area contributed by atoms with Gasteiger partial charge in [0.05, 0.1) is 13.0 Å². The van der Waals surface area contributed by atoms with E-state index in [1.165, 1.54) is 23.0 Å². The van der Waals surface area contributed by atoms with Crippen molar-refractivity contribution in [1.82, 2.24) is 10.1 Å². The number of ether oxygens (including phenoxy) is 1. The molecule has 7 heteroatoms. The SMILES string of the molecule is CCOC(=O)CC(Cc1cc(=O)[nH]o1)c1cnc(-c2ccc(C)cc2)s1. The van der Waals surface area contributed by atoms with Gasteiger partial charge in [-0.1, -0.05) is 29.8 Å². The normalized spacial score (nSPS) is 12.1. The van der Waals surface area contributed by atoms with Crippen LogP contribution in [0.15, 0.2) is 45.8 Å². The van der Waals surface area contributed by atoms with Crippen LogP contribution in [0.2, 0.25) is 0 Å². The molecule has 0 saturated carbocycles. The van der Waals surface area contributed by atoms with E-state index in [9.17, 15) is 9.59 Å². The molecule has 0 aliphatic carbocycles. The number of hydrogen-bond acceptors (Lipinski definition) is 6. The summed E-state index contributed by atoms with van der Waals surface area (Å²) in [5.74, 6) is 0.0694. The van der Waals surface area contributed by atoms with Gasteiger partial charge in [-0.15, -0.1) is 11.3 Å². The summed E-state index contributed by atoms with van der Waals surface area (Å²) in [6, 6.07) is 9.55. The zero-order chi connectivity index (χ0) is 18.5. The number of aromatic nitrogens is 2. The Labute approximate surface area is 154 Å². The second kappa shape index (κ2) is 8.14. The lowest BCUT2D eigenvalue weighted by Gasteiger charge is -2.12. The van der Waals surface area contributed by atoms with Crippen molar-refractivity contribution in [2.75, 3.05) is 6.61 Å². The number of thiazole rings is 1. The Morgan fingerprint density at radius 1 is 1.35 bits per heavy atom. The fourth-order valence-corrected chi connectivity index (χ4v) is 3.69. The quantitative estimate of drug-likeness (QED) is 0.640. The molecule has 0 bridgehead atoms. The molecule has 2 aromatic heterocycles. The van der Waals surface area contributed by atoms with Crippen molar-refractivity contribution in [1.29, 1.82) is 0 Å². The number of aromatic amines is 1. The molecule has 26 heavy (non-hydrogen) atoms. The summed E-state index contributed by atoms with van der Waals surface area (Å²) < 4.78 is 10.2. The van der Waals surface area contributed by atoms with E-state index >= 15 is 0 Å². The summed E-state index contributed by atoms with van der Waals surface area (Å²) >= 11 is 1.54. The van der Waals surface area contributed by atoms with Crippen LogP contribution in [-0.2, 0) is 16.0 Å². The molecule has 0 spiro atoms. The van der Waals surface area contributed by atoms with Gasteiger partial charge in [-0.3, -0.25) is 9.59 Å². The Morgan fingerprint density at radius 3 is 2.77 bits per heavy atom. The van der Waals surface area contributed by atoms with E-state index < -0.39 is 0 Å². The molecule has 0 amide bonds. The molecule has 136 valence electrons. The Balaban J connectivity index is 1.84. The van der Waals surface area contributed by atoms with Crippen molar-refractivity contribution in [2.45, 2.75) is 32.6 Å². The standard InChI is InChI=1S/C19H20N2O4S/c1-3-24-18(23)9-14(8-15-10-17(22)21-25-15)16-11-20-19(26-16)13-6-4-12(2)5-7-13/h4-7,10-11,14H,3,8-9H2,1-2H3,(H,21,22). The van der Waals surface area contributed by atoms with Crippen molar-refractivity contribution in [3.63, 3.8) is 0 Å². The summed E-state index contributed by atoms with van der Waals surface area (Å²) in [5, 5.41) is 3.17. The van der Waals surface area contributed by atoms with Gasteiger partial charge in [-0.05, 0) is 13.8 Å².